The predicted octanol–water partition coefficient (Wildman–Crippen LogP) is 5.33. The van der Waals surface area contributed by atoms with Gasteiger partial charge in [-0.1, -0.05) is 12.1 Å². The maximum Gasteiger partial charge on any atom is 0.161 e. The van der Waals surface area contributed by atoms with Crippen molar-refractivity contribution in [1.29, 1.82) is 0 Å². The maximum atomic E-state index is 5.54. The molecule has 8 heteroatoms. The lowest BCUT2D eigenvalue weighted by Crippen LogP contribution is -2.19. The second-order valence-electron chi connectivity index (χ2n) is 9.34. The Kier molecular flexibility index (Phi) is 6.90. The highest BCUT2D eigenvalue weighted by Crippen LogP contribution is 2.33. The van der Waals surface area contributed by atoms with Gasteiger partial charge in [-0.15, -0.1) is 0 Å². The molecule has 0 unspecified atom stereocenters. The first-order chi connectivity index (χ1) is 18.0. The highest BCUT2D eigenvalue weighted by Gasteiger charge is 2.18. The summed E-state index contributed by atoms with van der Waals surface area (Å²) in [6.45, 7) is 3.99. The quantitative estimate of drug-likeness (QED) is 0.340. The predicted molar refractivity (Wildman–Crippen MR) is 149 cm³/mol. The van der Waals surface area contributed by atoms with E-state index in [4.69, 9.17) is 29.4 Å². The summed E-state index contributed by atoms with van der Waals surface area (Å²) in [5.41, 5.74) is 3.56. The zero-order chi connectivity index (χ0) is 25.9. The SMILES string of the molecule is COc1ccc(-c2cc(N3CCCC3)nc(/C=C(\C)c3nc(N(C)C)c4ccccc4n3)n2)cc1OC. The van der Waals surface area contributed by atoms with E-state index in [0.29, 0.717) is 23.1 Å². The number of benzene rings is 2. The number of aromatic nitrogens is 4. The number of nitrogens with zero attached hydrogens (tertiary/aromatic N) is 6. The molecule has 0 radical (unpaired) electrons. The molecule has 0 aliphatic carbocycles. The molecule has 1 aliphatic rings. The number of para-hydroxylation sites is 1. The number of hydrogen-bond acceptors (Lipinski definition) is 8. The van der Waals surface area contributed by atoms with E-state index in [9.17, 15) is 0 Å². The number of rotatable bonds is 7. The van der Waals surface area contributed by atoms with Crippen LogP contribution in [0.15, 0.2) is 48.5 Å². The molecule has 0 amide bonds. The van der Waals surface area contributed by atoms with Crippen molar-refractivity contribution in [2.24, 2.45) is 0 Å². The number of hydrogen-bond donors (Lipinski definition) is 0. The van der Waals surface area contributed by atoms with Gasteiger partial charge in [0.1, 0.15) is 11.6 Å². The van der Waals surface area contributed by atoms with Crippen LogP contribution in [-0.4, -0.2) is 61.3 Å². The average Bonchev–Trinajstić information content (AvgIpc) is 3.47. The highest BCUT2D eigenvalue weighted by atomic mass is 16.5. The summed E-state index contributed by atoms with van der Waals surface area (Å²) in [5.74, 6) is 4.42. The van der Waals surface area contributed by atoms with E-state index in [1.165, 1.54) is 0 Å². The molecule has 0 atom stereocenters. The molecule has 37 heavy (non-hydrogen) atoms. The molecule has 1 saturated heterocycles. The first-order valence-corrected chi connectivity index (χ1v) is 12.5. The molecule has 1 fully saturated rings. The van der Waals surface area contributed by atoms with Crippen molar-refractivity contribution in [3.63, 3.8) is 0 Å². The second kappa shape index (κ2) is 10.4. The molecular formula is C29H32N6O2. The summed E-state index contributed by atoms with van der Waals surface area (Å²) >= 11 is 0. The second-order valence-corrected chi connectivity index (χ2v) is 9.34. The zero-order valence-electron chi connectivity index (χ0n) is 22.0. The minimum Gasteiger partial charge on any atom is -0.493 e. The summed E-state index contributed by atoms with van der Waals surface area (Å²) < 4.78 is 11.0. The molecule has 2 aromatic carbocycles. The largest absolute Gasteiger partial charge is 0.493 e. The van der Waals surface area contributed by atoms with Crippen LogP contribution in [0.4, 0.5) is 11.6 Å². The molecule has 0 N–H and O–H groups in total. The lowest BCUT2D eigenvalue weighted by Gasteiger charge is -2.18. The molecule has 190 valence electrons. The van der Waals surface area contributed by atoms with E-state index >= 15 is 0 Å². The van der Waals surface area contributed by atoms with E-state index < -0.39 is 0 Å². The molecular weight excluding hydrogens is 464 g/mol. The Morgan fingerprint density at radius 1 is 0.892 bits per heavy atom. The van der Waals surface area contributed by atoms with Crippen molar-refractivity contribution in [3.05, 3.63) is 60.2 Å². The number of anilines is 2. The van der Waals surface area contributed by atoms with Crippen molar-refractivity contribution in [2.75, 3.05) is 51.2 Å². The van der Waals surface area contributed by atoms with Crippen LogP contribution in [0.5, 0.6) is 11.5 Å². The highest BCUT2D eigenvalue weighted by molar-refractivity contribution is 5.91. The Balaban J connectivity index is 1.61. The van der Waals surface area contributed by atoms with Gasteiger partial charge in [0.05, 0.1) is 25.4 Å². The van der Waals surface area contributed by atoms with E-state index in [2.05, 4.69) is 11.0 Å². The lowest BCUT2D eigenvalue weighted by molar-refractivity contribution is 0.355. The first-order valence-electron chi connectivity index (χ1n) is 12.5. The van der Waals surface area contributed by atoms with Crippen LogP contribution in [0.25, 0.3) is 33.8 Å². The maximum absolute atomic E-state index is 5.54. The van der Waals surface area contributed by atoms with Crippen LogP contribution in [0.1, 0.15) is 31.4 Å². The fourth-order valence-corrected chi connectivity index (χ4v) is 4.60. The lowest BCUT2D eigenvalue weighted by atomic mass is 10.1. The van der Waals surface area contributed by atoms with Gasteiger partial charge in [-0.05, 0) is 61.7 Å². The van der Waals surface area contributed by atoms with Gasteiger partial charge in [0.15, 0.2) is 23.1 Å². The Labute approximate surface area is 217 Å². The van der Waals surface area contributed by atoms with Gasteiger partial charge in [-0.2, -0.15) is 0 Å². The molecule has 1 aliphatic heterocycles. The van der Waals surface area contributed by atoms with Crippen LogP contribution in [0, 0.1) is 0 Å². The molecule has 8 nitrogen and oxygen atoms in total. The van der Waals surface area contributed by atoms with Gasteiger partial charge in [0.2, 0.25) is 0 Å². The summed E-state index contributed by atoms with van der Waals surface area (Å²) in [5, 5.41) is 1.02. The van der Waals surface area contributed by atoms with Crippen molar-refractivity contribution >= 4 is 34.2 Å². The summed E-state index contributed by atoms with van der Waals surface area (Å²) in [6.07, 6.45) is 4.30. The normalized spacial score (nSPS) is 13.8. The van der Waals surface area contributed by atoms with E-state index in [1.807, 2.05) is 74.5 Å². The smallest absolute Gasteiger partial charge is 0.161 e. The van der Waals surface area contributed by atoms with Gasteiger partial charge >= 0.3 is 0 Å². The minimum atomic E-state index is 0.620. The Morgan fingerprint density at radius 3 is 2.38 bits per heavy atom. The third-order valence-electron chi connectivity index (χ3n) is 6.54. The van der Waals surface area contributed by atoms with Gasteiger partial charge in [0.25, 0.3) is 0 Å². The number of ether oxygens (including phenoxy) is 2. The minimum absolute atomic E-state index is 0.620. The monoisotopic (exact) mass is 496 g/mol. The van der Waals surface area contributed by atoms with Gasteiger partial charge in [-0.3, -0.25) is 0 Å². The number of fused-ring (bicyclic) bond motifs is 1. The van der Waals surface area contributed by atoms with E-state index in [0.717, 1.165) is 65.3 Å². The standard InChI is InChI=1S/C29H32N6O2/c1-19(28-31-22-11-7-6-10-21(22)29(33-28)34(2)3)16-26-30-23(18-27(32-26)35-14-8-9-15-35)20-12-13-24(36-4)25(17-20)37-5/h6-7,10-13,16-18H,8-9,14-15H2,1-5H3/b19-16+. The summed E-state index contributed by atoms with van der Waals surface area (Å²) in [7, 11) is 7.27. The van der Waals surface area contributed by atoms with Crippen LogP contribution < -0.4 is 19.3 Å². The fraction of sp³-hybridized carbons (Fsp3) is 0.310. The van der Waals surface area contributed by atoms with E-state index in [1.54, 1.807) is 14.2 Å². The first kappa shape index (κ1) is 24.5. The Morgan fingerprint density at radius 2 is 1.65 bits per heavy atom. The van der Waals surface area contributed by atoms with Crippen LogP contribution in [0.2, 0.25) is 0 Å². The van der Waals surface area contributed by atoms with Crippen LogP contribution in [0.3, 0.4) is 0 Å². The molecule has 2 aromatic heterocycles. The number of allylic oxidation sites excluding steroid dienone is 1. The van der Waals surface area contributed by atoms with E-state index in [-0.39, 0.29) is 0 Å². The third kappa shape index (κ3) is 5.05. The van der Waals surface area contributed by atoms with Crippen molar-refractivity contribution in [3.8, 4) is 22.8 Å². The summed E-state index contributed by atoms with van der Waals surface area (Å²) in [6, 6.07) is 16.0. The number of methoxy groups -OCH3 is 2. The van der Waals surface area contributed by atoms with Crippen molar-refractivity contribution in [2.45, 2.75) is 19.8 Å². The molecule has 0 bridgehead atoms. The van der Waals surface area contributed by atoms with Gasteiger partial charge in [0, 0.05) is 44.2 Å². The van der Waals surface area contributed by atoms with Crippen molar-refractivity contribution < 1.29 is 9.47 Å². The molecule has 4 aromatic rings. The average molecular weight is 497 g/mol. The Hall–Kier alpha value is -4.20. The molecule has 5 rings (SSSR count). The van der Waals surface area contributed by atoms with Crippen LogP contribution >= 0.6 is 0 Å². The molecule has 3 heterocycles. The van der Waals surface area contributed by atoms with Gasteiger partial charge < -0.3 is 19.3 Å². The van der Waals surface area contributed by atoms with Gasteiger partial charge in [-0.25, -0.2) is 19.9 Å². The Bertz CT molecular complexity index is 1460. The zero-order valence-corrected chi connectivity index (χ0v) is 22.0. The summed E-state index contributed by atoms with van der Waals surface area (Å²) in [4.78, 5) is 23.9. The molecule has 0 spiro atoms. The fourth-order valence-electron chi connectivity index (χ4n) is 4.60. The molecule has 0 saturated carbocycles. The topological polar surface area (TPSA) is 76.5 Å². The van der Waals surface area contributed by atoms with Crippen LogP contribution in [-0.2, 0) is 0 Å². The third-order valence-corrected chi connectivity index (χ3v) is 6.54. The van der Waals surface area contributed by atoms with Crippen molar-refractivity contribution in [1.82, 2.24) is 19.9 Å².